The van der Waals surface area contributed by atoms with Crippen molar-refractivity contribution in [2.75, 3.05) is 26.2 Å². The van der Waals surface area contributed by atoms with Gasteiger partial charge in [-0.05, 0) is 77.6 Å². The summed E-state index contributed by atoms with van der Waals surface area (Å²) in [4.78, 5) is 80.2. The Bertz CT molecular complexity index is 2110. The number of nitro groups is 1. The van der Waals surface area contributed by atoms with Crippen LogP contribution in [0.2, 0.25) is 0 Å². The molecule has 7 rings (SSSR count). The fraction of sp³-hybridized carbons (Fsp3) is 0.489. The van der Waals surface area contributed by atoms with E-state index in [-0.39, 0.29) is 43.6 Å². The molecule has 6 atom stereocenters. The minimum Gasteiger partial charge on any atom is -0.455 e. The maximum Gasteiger partial charge on any atom is 0.410 e. The fourth-order valence-corrected chi connectivity index (χ4v) is 8.20. The number of carbonyl (C=O) groups is 5. The van der Waals surface area contributed by atoms with Crippen LogP contribution in [0.15, 0.2) is 84.9 Å². The van der Waals surface area contributed by atoms with E-state index in [1.54, 1.807) is 41.5 Å². The van der Waals surface area contributed by atoms with Crippen molar-refractivity contribution < 1.29 is 57.7 Å². The third-order valence-electron chi connectivity index (χ3n) is 10.9. The van der Waals surface area contributed by atoms with Crippen LogP contribution in [0.5, 0.6) is 0 Å². The summed E-state index contributed by atoms with van der Waals surface area (Å²) in [5, 5.41) is 21.3. The van der Waals surface area contributed by atoms with Crippen LogP contribution < -0.4 is 0 Å². The van der Waals surface area contributed by atoms with Gasteiger partial charge in [-0.15, -0.1) is 0 Å². The van der Waals surface area contributed by atoms with E-state index in [1.807, 2.05) is 60.7 Å². The molecule has 0 aromatic heterocycles. The average Bonchev–Trinajstić information content (AvgIpc) is 4.02. The predicted octanol–water partition coefficient (Wildman–Crippen LogP) is 6.53. The Balaban J connectivity index is 0.000000223. The van der Waals surface area contributed by atoms with Gasteiger partial charge in [-0.1, -0.05) is 60.7 Å². The number of aliphatic hydroxyl groups excluding tert-OH is 1. The van der Waals surface area contributed by atoms with Crippen molar-refractivity contribution in [2.45, 2.75) is 115 Å². The quantitative estimate of drug-likeness (QED) is 0.116. The number of nitrogens with zero attached hydrogens (tertiary/aromatic N) is 5. The molecule has 4 heterocycles. The molecule has 4 amide bonds. The molecule has 18 nitrogen and oxygen atoms in total. The molecule has 0 spiro atoms. The van der Waals surface area contributed by atoms with Crippen LogP contribution in [0.3, 0.4) is 0 Å². The lowest BCUT2D eigenvalue weighted by atomic mass is 10.1. The Morgan fingerprint density at radius 2 is 1.08 bits per heavy atom. The zero-order valence-corrected chi connectivity index (χ0v) is 36.3. The Morgan fingerprint density at radius 1 is 0.635 bits per heavy atom. The second kappa shape index (κ2) is 19.3. The topological polar surface area (TPSA) is 208 Å². The van der Waals surface area contributed by atoms with E-state index in [1.165, 1.54) is 43.9 Å². The summed E-state index contributed by atoms with van der Waals surface area (Å²) >= 11 is 0. The molecule has 1 N–H and O–H groups in total. The summed E-state index contributed by atoms with van der Waals surface area (Å²) in [6, 6.07) is 22.0. The highest BCUT2D eigenvalue weighted by Gasteiger charge is 2.55. The Kier molecular flexibility index (Phi) is 14.1. The largest absolute Gasteiger partial charge is 0.455 e. The molecular formula is C45H55N5O13. The lowest BCUT2D eigenvalue weighted by Crippen LogP contribution is -2.46. The molecule has 0 saturated carbocycles. The van der Waals surface area contributed by atoms with Crippen molar-refractivity contribution >= 4 is 36.0 Å². The summed E-state index contributed by atoms with van der Waals surface area (Å²) < 4.78 is 27.6. The number of rotatable bonds is 7. The summed E-state index contributed by atoms with van der Waals surface area (Å²) in [5.41, 5.74) is 0.360. The lowest BCUT2D eigenvalue weighted by molar-refractivity contribution is -0.384. The molecule has 4 aliphatic rings. The zero-order valence-electron chi connectivity index (χ0n) is 36.3. The molecule has 4 saturated heterocycles. The normalized spacial score (nSPS) is 22.6. The molecule has 4 fully saturated rings. The van der Waals surface area contributed by atoms with Gasteiger partial charge in [-0.25, -0.2) is 24.0 Å². The first kappa shape index (κ1) is 46.1. The maximum atomic E-state index is 13.0. The van der Waals surface area contributed by atoms with Gasteiger partial charge in [0.15, 0.2) is 0 Å². The van der Waals surface area contributed by atoms with E-state index in [4.69, 9.17) is 23.7 Å². The number of likely N-dealkylation sites (tertiary alicyclic amines) is 4. The number of carbonyl (C=O) groups excluding carboxylic acids is 5. The molecule has 0 bridgehead atoms. The summed E-state index contributed by atoms with van der Waals surface area (Å²) in [6.45, 7) is 11.9. The van der Waals surface area contributed by atoms with Crippen LogP contribution >= 0.6 is 0 Å². The van der Waals surface area contributed by atoms with Gasteiger partial charge in [-0.2, -0.15) is 0 Å². The highest BCUT2D eigenvalue weighted by molar-refractivity contribution is 5.90. The van der Waals surface area contributed by atoms with Gasteiger partial charge in [0.1, 0.15) is 30.5 Å². The van der Waals surface area contributed by atoms with Gasteiger partial charge in [0, 0.05) is 25.2 Å². The molecule has 18 heteroatoms. The van der Waals surface area contributed by atoms with Crippen LogP contribution in [0.4, 0.5) is 24.9 Å². The van der Waals surface area contributed by atoms with Gasteiger partial charge in [-0.3, -0.25) is 19.9 Å². The minimum absolute atomic E-state index is 0.0332. The summed E-state index contributed by atoms with van der Waals surface area (Å²) in [6.07, 6.45) is -2.63. The van der Waals surface area contributed by atoms with Crippen LogP contribution in [0, 0.1) is 10.1 Å². The average molecular weight is 874 g/mol. The standard InChI is InChI=1S/C26H29N3O8.C19H26N2O5/c1-26(2,3)37-25(32)28-15-21(36-23(30)18-9-11-19(12-10-18)29(33)34)22-20(28)13-14-27(22)24(31)35-16-17-7-5-4-6-8-17;1-19(2,3)26-18(24)21-11-15(22)16-14(21)9-10-20(16)17(23)25-12-13-7-5-4-6-8-13/h4-12,20-22H,13-16H2,1-3H3;4-8,14-16,22H,9-12H2,1-3H3/t20-,21+,22+;14-,15+,16+/m11/s1. The van der Waals surface area contributed by atoms with Crippen molar-refractivity contribution in [1.29, 1.82) is 0 Å². The van der Waals surface area contributed by atoms with E-state index in [9.17, 15) is 39.2 Å². The van der Waals surface area contributed by atoms with E-state index in [2.05, 4.69) is 0 Å². The van der Waals surface area contributed by atoms with Crippen molar-refractivity contribution in [3.8, 4) is 0 Å². The van der Waals surface area contributed by atoms with Gasteiger partial charge in [0.05, 0.1) is 53.8 Å². The zero-order chi connectivity index (χ0) is 45.6. The van der Waals surface area contributed by atoms with Crippen molar-refractivity contribution in [3.63, 3.8) is 0 Å². The molecular weight excluding hydrogens is 819 g/mol. The number of hydrogen-bond acceptors (Lipinski definition) is 13. The molecule has 3 aromatic rings. The van der Waals surface area contributed by atoms with Gasteiger partial charge < -0.3 is 38.6 Å². The Morgan fingerprint density at radius 3 is 1.54 bits per heavy atom. The first-order chi connectivity index (χ1) is 29.8. The van der Waals surface area contributed by atoms with Crippen LogP contribution in [0.25, 0.3) is 0 Å². The summed E-state index contributed by atoms with van der Waals surface area (Å²) in [5.74, 6) is -0.714. The first-order valence-electron chi connectivity index (χ1n) is 20.9. The second-order valence-electron chi connectivity index (χ2n) is 17.7. The number of non-ortho nitro benzene ring substituents is 1. The number of benzene rings is 3. The number of fused-ring (bicyclic) bond motifs is 2. The van der Waals surface area contributed by atoms with Gasteiger partial charge in [0.2, 0.25) is 0 Å². The van der Waals surface area contributed by atoms with Crippen LogP contribution in [-0.4, -0.2) is 134 Å². The number of ether oxygens (including phenoxy) is 5. The molecule has 3 aromatic carbocycles. The van der Waals surface area contributed by atoms with Gasteiger partial charge >= 0.3 is 30.3 Å². The van der Waals surface area contributed by atoms with E-state index in [0.717, 1.165) is 11.1 Å². The third-order valence-corrected chi connectivity index (χ3v) is 10.9. The van der Waals surface area contributed by atoms with Crippen molar-refractivity contribution in [3.05, 3.63) is 112 Å². The van der Waals surface area contributed by atoms with Crippen LogP contribution in [-0.2, 0) is 36.9 Å². The van der Waals surface area contributed by atoms with E-state index < -0.39 is 76.8 Å². The van der Waals surface area contributed by atoms with E-state index >= 15 is 0 Å². The molecule has 0 unspecified atom stereocenters. The Hall–Kier alpha value is -6.43. The van der Waals surface area contributed by atoms with Gasteiger partial charge in [0.25, 0.3) is 5.69 Å². The molecule has 4 aliphatic heterocycles. The minimum atomic E-state index is -0.841. The Labute approximate surface area is 365 Å². The number of esters is 1. The maximum absolute atomic E-state index is 13.0. The van der Waals surface area contributed by atoms with Crippen molar-refractivity contribution in [1.82, 2.24) is 19.6 Å². The number of aliphatic hydroxyl groups is 1. The highest BCUT2D eigenvalue weighted by Crippen LogP contribution is 2.36. The second-order valence-corrected chi connectivity index (χ2v) is 17.7. The number of hydrogen-bond donors (Lipinski definition) is 1. The smallest absolute Gasteiger partial charge is 0.410 e. The van der Waals surface area contributed by atoms with E-state index in [0.29, 0.717) is 25.9 Å². The molecule has 338 valence electrons. The summed E-state index contributed by atoms with van der Waals surface area (Å²) in [7, 11) is 0. The molecule has 63 heavy (non-hydrogen) atoms. The lowest BCUT2D eigenvalue weighted by Gasteiger charge is -2.28. The SMILES string of the molecule is CC(C)(C)OC(=O)N1C[C@H](O)[C@@H]2[C@H]1CCN2C(=O)OCc1ccccc1.CC(C)(C)OC(=O)N1C[C@H](OC(=O)c2ccc([N+](=O)[O-])cc2)[C@@H]2[C@H]1CCN2C(=O)OCc1ccccc1. The molecule has 0 radical (unpaired) electrons. The predicted molar refractivity (Wildman–Crippen MR) is 225 cm³/mol. The third kappa shape index (κ3) is 11.5. The van der Waals surface area contributed by atoms with Crippen LogP contribution in [0.1, 0.15) is 75.9 Å². The molecule has 0 aliphatic carbocycles. The number of β-amino-alcohol motifs (C(OH)–C–C–N with tert-alkyl or cyclic N) is 1. The number of amides is 4. The van der Waals surface area contributed by atoms with Crippen molar-refractivity contribution in [2.24, 2.45) is 0 Å². The monoisotopic (exact) mass is 873 g/mol. The first-order valence-corrected chi connectivity index (χ1v) is 20.9. The number of nitro benzene ring substituents is 1. The highest BCUT2D eigenvalue weighted by atomic mass is 16.6. The fourth-order valence-electron chi connectivity index (χ4n) is 8.20.